The SMILES string of the molecule is CCN(CC)c1cc(C(=O)O)cc(OC)c1OC. The first-order valence-corrected chi connectivity index (χ1v) is 5.83. The summed E-state index contributed by atoms with van der Waals surface area (Å²) in [6, 6.07) is 3.07. The number of aromatic carboxylic acids is 1. The lowest BCUT2D eigenvalue weighted by atomic mass is 10.1. The highest BCUT2D eigenvalue weighted by molar-refractivity contribution is 5.91. The summed E-state index contributed by atoms with van der Waals surface area (Å²) in [5, 5.41) is 9.11. The van der Waals surface area contributed by atoms with Gasteiger partial charge in [0.15, 0.2) is 11.5 Å². The van der Waals surface area contributed by atoms with Crippen LogP contribution in [-0.2, 0) is 0 Å². The molecule has 0 amide bonds. The van der Waals surface area contributed by atoms with Crippen LogP contribution in [-0.4, -0.2) is 38.4 Å². The van der Waals surface area contributed by atoms with Crippen LogP contribution in [0.2, 0.25) is 0 Å². The second kappa shape index (κ2) is 6.14. The average Bonchev–Trinajstić information content (AvgIpc) is 2.38. The molecule has 0 radical (unpaired) electrons. The van der Waals surface area contributed by atoms with E-state index in [1.54, 1.807) is 13.2 Å². The summed E-state index contributed by atoms with van der Waals surface area (Å²) in [7, 11) is 3.04. The Kier molecular flexibility index (Phi) is 4.83. The van der Waals surface area contributed by atoms with Crippen LogP contribution in [0, 0.1) is 0 Å². The Labute approximate surface area is 107 Å². The standard InChI is InChI=1S/C13H19NO4/c1-5-14(6-2)10-7-9(13(15)16)8-11(17-3)12(10)18-4/h7-8H,5-6H2,1-4H3,(H,15,16). The van der Waals surface area contributed by atoms with Crippen LogP contribution >= 0.6 is 0 Å². The minimum atomic E-state index is -0.982. The number of rotatable bonds is 6. The lowest BCUT2D eigenvalue weighted by Gasteiger charge is -2.24. The van der Waals surface area contributed by atoms with Crippen LogP contribution in [0.25, 0.3) is 0 Å². The number of nitrogens with zero attached hydrogens (tertiary/aromatic N) is 1. The van der Waals surface area contributed by atoms with Gasteiger partial charge in [-0.05, 0) is 26.0 Å². The fourth-order valence-corrected chi connectivity index (χ4v) is 1.87. The topological polar surface area (TPSA) is 59.0 Å². The van der Waals surface area contributed by atoms with Crippen molar-refractivity contribution in [2.45, 2.75) is 13.8 Å². The summed E-state index contributed by atoms with van der Waals surface area (Å²) in [6.07, 6.45) is 0. The Morgan fingerprint density at radius 1 is 1.22 bits per heavy atom. The molecule has 0 aliphatic heterocycles. The van der Waals surface area contributed by atoms with E-state index in [4.69, 9.17) is 14.6 Å². The van der Waals surface area contributed by atoms with Crippen molar-refractivity contribution >= 4 is 11.7 Å². The van der Waals surface area contributed by atoms with Crippen LogP contribution < -0.4 is 14.4 Å². The zero-order valence-corrected chi connectivity index (χ0v) is 11.2. The number of carboxylic acid groups (broad SMARTS) is 1. The van der Waals surface area contributed by atoms with Gasteiger partial charge in [-0.3, -0.25) is 0 Å². The monoisotopic (exact) mass is 253 g/mol. The zero-order chi connectivity index (χ0) is 13.7. The normalized spacial score (nSPS) is 10.0. The van der Waals surface area contributed by atoms with Gasteiger partial charge in [0.1, 0.15) is 0 Å². The maximum Gasteiger partial charge on any atom is 0.335 e. The predicted octanol–water partition coefficient (Wildman–Crippen LogP) is 2.25. The van der Waals surface area contributed by atoms with E-state index in [-0.39, 0.29) is 5.56 Å². The number of benzene rings is 1. The molecular weight excluding hydrogens is 234 g/mol. The predicted molar refractivity (Wildman–Crippen MR) is 70.1 cm³/mol. The molecular formula is C13H19NO4. The van der Waals surface area contributed by atoms with Gasteiger partial charge < -0.3 is 19.5 Å². The van der Waals surface area contributed by atoms with Gasteiger partial charge in [0.2, 0.25) is 0 Å². The van der Waals surface area contributed by atoms with Crippen molar-refractivity contribution in [3.05, 3.63) is 17.7 Å². The van der Waals surface area contributed by atoms with Crippen LogP contribution in [0.4, 0.5) is 5.69 Å². The summed E-state index contributed by atoms with van der Waals surface area (Å²) in [5.41, 5.74) is 0.925. The van der Waals surface area contributed by atoms with E-state index in [0.29, 0.717) is 11.5 Å². The first-order chi connectivity index (χ1) is 8.58. The molecule has 0 aliphatic rings. The molecule has 0 heterocycles. The maximum absolute atomic E-state index is 11.1. The number of hydrogen-bond donors (Lipinski definition) is 1. The number of methoxy groups -OCH3 is 2. The molecule has 0 aliphatic carbocycles. The molecule has 0 fully saturated rings. The van der Waals surface area contributed by atoms with E-state index in [2.05, 4.69) is 0 Å². The molecule has 0 unspecified atom stereocenters. The first kappa shape index (κ1) is 14.2. The van der Waals surface area contributed by atoms with E-state index in [0.717, 1.165) is 18.8 Å². The van der Waals surface area contributed by atoms with E-state index in [1.807, 2.05) is 18.7 Å². The molecule has 1 aromatic carbocycles. The number of hydrogen-bond acceptors (Lipinski definition) is 4. The van der Waals surface area contributed by atoms with Crippen LogP contribution in [0.5, 0.6) is 11.5 Å². The molecule has 0 saturated heterocycles. The smallest absolute Gasteiger partial charge is 0.335 e. The maximum atomic E-state index is 11.1. The van der Waals surface area contributed by atoms with Crippen molar-refractivity contribution in [2.75, 3.05) is 32.2 Å². The fraction of sp³-hybridized carbons (Fsp3) is 0.462. The van der Waals surface area contributed by atoms with E-state index in [1.165, 1.54) is 13.2 Å². The highest BCUT2D eigenvalue weighted by Crippen LogP contribution is 2.38. The van der Waals surface area contributed by atoms with Gasteiger partial charge >= 0.3 is 5.97 Å². The Morgan fingerprint density at radius 2 is 1.83 bits per heavy atom. The van der Waals surface area contributed by atoms with Gasteiger partial charge in [-0.2, -0.15) is 0 Å². The van der Waals surface area contributed by atoms with Crippen LogP contribution in [0.1, 0.15) is 24.2 Å². The lowest BCUT2D eigenvalue weighted by molar-refractivity contribution is 0.0696. The summed E-state index contributed by atoms with van der Waals surface area (Å²) in [5.74, 6) is 0.00913. The van der Waals surface area contributed by atoms with Gasteiger partial charge in [-0.15, -0.1) is 0 Å². The minimum Gasteiger partial charge on any atom is -0.493 e. The largest absolute Gasteiger partial charge is 0.493 e. The lowest BCUT2D eigenvalue weighted by Crippen LogP contribution is -2.23. The summed E-state index contributed by atoms with van der Waals surface area (Å²) in [4.78, 5) is 13.1. The third-order valence-corrected chi connectivity index (χ3v) is 2.81. The number of anilines is 1. The summed E-state index contributed by atoms with van der Waals surface area (Å²) >= 11 is 0. The van der Waals surface area contributed by atoms with E-state index in [9.17, 15) is 4.79 Å². The van der Waals surface area contributed by atoms with Gasteiger partial charge in [0.05, 0.1) is 25.5 Å². The minimum absolute atomic E-state index is 0.189. The molecule has 5 nitrogen and oxygen atoms in total. The number of ether oxygens (including phenoxy) is 2. The van der Waals surface area contributed by atoms with Gasteiger partial charge in [0, 0.05) is 13.1 Å². The molecule has 5 heteroatoms. The Bertz CT molecular complexity index is 427. The van der Waals surface area contributed by atoms with Crippen molar-refractivity contribution < 1.29 is 19.4 Å². The molecule has 1 N–H and O–H groups in total. The summed E-state index contributed by atoms with van der Waals surface area (Å²) < 4.78 is 10.5. The van der Waals surface area contributed by atoms with Crippen LogP contribution in [0.3, 0.4) is 0 Å². The summed E-state index contributed by atoms with van der Waals surface area (Å²) in [6.45, 7) is 5.53. The van der Waals surface area contributed by atoms with Crippen molar-refractivity contribution in [1.82, 2.24) is 0 Å². The third kappa shape index (κ3) is 2.67. The Morgan fingerprint density at radius 3 is 2.22 bits per heavy atom. The highest BCUT2D eigenvalue weighted by atomic mass is 16.5. The van der Waals surface area contributed by atoms with Gasteiger partial charge in [-0.25, -0.2) is 4.79 Å². The van der Waals surface area contributed by atoms with Gasteiger partial charge in [0.25, 0.3) is 0 Å². The van der Waals surface area contributed by atoms with E-state index < -0.39 is 5.97 Å². The van der Waals surface area contributed by atoms with Crippen LogP contribution in [0.15, 0.2) is 12.1 Å². The second-order valence-electron chi connectivity index (χ2n) is 3.71. The fourth-order valence-electron chi connectivity index (χ4n) is 1.87. The molecule has 18 heavy (non-hydrogen) atoms. The molecule has 0 aromatic heterocycles. The Balaban J connectivity index is 3.43. The molecule has 0 saturated carbocycles. The van der Waals surface area contributed by atoms with Gasteiger partial charge in [-0.1, -0.05) is 0 Å². The van der Waals surface area contributed by atoms with Crippen molar-refractivity contribution in [3.63, 3.8) is 0 Å². The second-order valence-corrected chi connectivity index (χ2v) is 3.71. The third-order valence-electron chi connectivity index (χ3n) is 2.81. The number of carboxylic acids is 1. The molecule has 0 bridgehead atoms. The van der Waals surface area contributed by atoms with Crippen molar-refractivity contribution in [3.8, 4) is 11.5 Å². The average molecular weight is 253 g/mol. The zero-order valence-electron chi connectivity index (χ0n) is 11.2. The first-order valence-electron chi connectivity index (χ1n) is 5.83. The Hall–Kier alpha value is -1.91. The molecule has 100 valence electrons. The van der Waals surface area contributed by atoms with Crippen molar-refractivity contribution in [2.24, 2.45) is 0 Å². The molecule has 1 rings (SSSR count). The molecule has 0 spiro atoms. The highest BCUT2D eigenvalue weighted by Gasteiger charge is 2.18. The number of carbonyl (C=O) groups is 1. The molecule has 0 atom stereocenters. The quantitative estimate of drug-likeness (QED) is 0.842. The van der Waals surface area contributed by atoms with Crippen molar-refractivity contribution in [1.29, 1.82) is 0 Å². The molecule has 1 aromatic rings. The van der Waals surface area contributed by atoms with E-state index >= 15 is 0 Å².